The van der Waals surface area contributed by atoms with Gasteiger partial charge in [-0.3, -0.25) is 0 Å². The lowest BCUT2D eigenvalue weighted by Gasteiger charge is -2.12. The van der Waals surface area contributed by atoms with Crippen LogP contribution in [0.3, 0.4) is 0 Å². The van der Waals surface area contributed by atoms with Crippen LogP contribution in [-0.4, -0.2) is 33.3 Å². The Bertz CT molecular complexity index is 1690. The van der Waals surface area contributed by atoms with Gasteiger partial charge < -0.3 is 15.6 Å². The molecule has 1 aromatic carbocycles. The molecule has 0 bridgehead atoms. The summed E-state index contributed by atoms with van der Waals surface area (Å²) in [7, 11) is -2.89. The molecule has 4 heterocycles. The molecule has 0 spiro atoms. The minimum atomic E-state index is -2.89. The van der Waals surface area contributed by atoms with E-state index < -0.39 is 10.7 Å². The molecule has 174 valence electrons. The molecule has 0 aliphatic carbocycles. The Labute approximate surface area is 205 Å². The Balaban J connectivity index is 1.56. The quantitative estimate of drug-likeness (QED) is 0.247. The van der Waals surface area contributed by atoms with Gasteiger partial charge in [-0.1, -0.05) is 6.07 Å². The van der Waals surface area contributed by atoms with Crippen LogP contribution in [0.4, 0.5) is 23.0 Å². The van der Waals surface area contributed by atoms with Crippen molar-refractivity contribution in [1.29, 1.82) is 5.26 Å². The third-order valence-electron chi connectivity index (χ3n) is 5.02. The zero-order valence-corrected chi connectivity index (χ0v) is 20.2. The van der Waals surface area contributed by atoms with E-state index in [4.69, 9.17) is 5.26 Å². The minimum Gasteiger partial charge on any atom is -0.352 e. The summed E-state index contributed by atoms with van der Waals surface area (Å²) in [5.41, 5.74) is 3.89. The molecular weight excluding hydrogens is 484 g/mol. The van der Waals surface area contributed by atoms with Crippen molar-refractivity contribution in [3.8, 4) is 16.6 Å². The number of aromatic amines is 1. The number of hydrogen-bond acceptors (Lipinski definition) is 10. The van der Waals surface area contributed by atoms with Crippen molar-refractivity contribution >= 4 is 56.2 Å². The zero-order chi connectivity index (χ0) is 24.5. The second-order valence-electron chi connectivity index (χ2n) is 7.63. The number of aromatic nitrogens is 5. The normalized spacial score (nSPS) is 11.0. The summed E-state index contributed by atoms with van der Waals surface area (Å²) in [4.78, 5) is 21.0. The first kappa shape index (κ1) is 22.5. The van der Waals surface area contributed by atoms with Crippen LogP contribution < -0.4 is 10.6 Å². The maximum absolute atomic E-state index is 12.1. The van der Waals surface area contributed by atoms with E-state index in [2.05, 4.69) is 35.6 Å². The molecule has 0 aliphatic rings. The first-order chi connectivity index (χ1) is 16.9. The molecule has 4 aromatic heterocycles. The van der Waals surface area contributed by atoms with Crippen LogP contribution in [0.15, 0.2) is 52.7 Å². The number of nitrogens with one attached hydrogen (secondary N) is 3. The molecule has 35 heavy (non-hydrogen) atoms. The smallest absolute Gasteiger partial charge is 0.170 e. The van der Waals surface area contributed by atoms with Crippen LogP contribution in [0, 0.1) is 25.2 Å². The van der Waals surface area contributed by atoms with Crippen LogP contribution in [0.5, 0.6) is 0 Å². The van der Waals surface area contributed by atoms with Gasteiger partial charge in [0.1, 0.15) is 39.7 Å². The summed E-state index contributed by atoms with van der Waals surface area (Å²) in [6.07, 6.45) is 0. The monoisotopic (exact) mass is 502 g/mol. The van der Waals surface area contributed by atoms with Crippen molar-refractivity contribution in [2.75, 3.05) is 10.6 Å². The molecule has 0 saturated heterocycles. The summed E-state index contributed by atoms with van der Waals surface area (Å²) >= 11 is 1.46. The molecular formula is C23H18N8O2S2. The molecule has 0 fully saturated rings. The van der Waals surface area contributed by atoms with Crippen molar-refractivity contribution in [1.82, 2.24) is 24.9 Å². The number of anilines is 4. The number of thiol groups is 1. The lowest BCUT2D eigenvalue weighted by atomic mass is 10.2. The number of fused-ring (bicyclic) bond motifs is 1. The molecule has 12 heteroatoms. The molecule has 0 radical (unpaired) electrons. The van der Waals surface area contributed by atoms with Crippen LogP contribution in [0.2, 0.25) is 0 Å². The summed E-state index contributed by atoms with van der Waals surface area (Å²) < 4.78 is 24.3. The molecule has 0 unspecified atom stereocenters. The standard InChI is InChI=1S/C23H18N8O2S2/c1-12-11-34-23(25-12)14-6-7-16(18(8-14)35(32)33)29-17-9-20(31-22-21(17)26-13(2)27-22)30-19-5-3-4-15(10-24)28-19/h3-9,11,35H,1-2H3,(H3,26,27,28,29,30,31). The van der Waals surface area contributed by atoms with Gasteiger partial charge in [0.15, 0.2) is 16.4 Å². The maximum atomic E-state index is 12.1. The highest BCUT2D eigenvalue weighted by Crippen LogP contribution is 2.33. The van der Waals surface area contributed by atoms with Gasteiger partial charge in [-0.25, -0.2) is 28.4 Å². The number of aryl methyl sites for hydroxylation is 2. The number of nitriles is 1. The van der Waals surface area contributed by atoms with Gasteiger partial charge in [0.2, 0.25) is 0 Å². The number of nitrogens with zero attached hydrogens (tertiary/aromatic N) is 5. The fourth-order valence-corrected chi connectivity index (χ4v) is 4.88. The van der Waals surface area contributed by atoms with E-state index in [-0.39, 0.29) is 10.6 Å². The van der Waals surface area contributed by atoms with Crippen LogP contribution in [-0.2, 0) is 10.7 Å². The number of benzene rings is 1. The first-order valence-electron chi connectivity index (χ1n) is 10.4. The third kappa shape index (κ3) is 4.68. The van der Waals surface area contributed by atoms with Gasteiger partial charge in [-0.15, -0.1) is 11.3 Å². The summed E-state index contributed by atoms with van der Waals surface area (Å²) in [6, 6.07) is 13.9. The van der Waals surface area contributed by atoms with Crippen molar-refractivity contribution in [3.63, 3.8) is 0 Å². The number of thiazole rings is 1. The van der Waals surface area contributed by atoms with Gasteiger partial charge in [-0.05, 0) is 44.2 Å². The molecule has 5 aromatic rings. The minimum absolute atomic E-state index is 0.139. The van der Waals surface area contributed by atoms with Crippen molar-refractivity contribution in [2.24, 2.45) is 0 Å². The van der Waals surface area contributed by atoms with E-state index in [0.29, 0.717) is 40.0 Å². The van der Waals surface area contributed by atoms with Gasteiger partial charge >= 0.3 is 0 Å². The van der Waals surface area contributed by atoms with E-state index in [1.54, 1.807) is 43.3 Å². The lowest BCUT2D eigenvalue weighted by Crippen LogP contribution is -2.01. The topological polar surface area (TPSA) is 149 Å². The predicted octanol–water partition coefficient (Wildman–Crippen LogP) is 4.42. The predicted molar refractivity (Wildman–Crippen MR) is 135 cm³/mol. The van der Waals surface area contributed by atoms with E-state index >= 15 is 0 Å². The zero-order valence-electron chi connectivity index (χ0n) is 18.5. The average Bonchev–Trinajstić information content (AvgIpc) is 3.44. The van der Waals surface area contributed by atoms with Crippen molar-refractivity contribution < 1.29 is 8.42 Å². The highest BCUT2D eigenvalue weighted by atomic mass is 32.2. The second-order valence-corrected chi connectivity index (χ2v) is 9.48. The first-order valence-corrected chi connectivity index (χ1v) is 12.4. The molecule has 10 nitrogen and oxygen atoms in total. The fourth-order valence-electron chi connectivity index (χ4n) is 3.52. The van der Waals surface area contributed by atoms with Gasteiger partial charge in [0, 0.05) is 22.7 Å². The van der Waals surface area contributed by atoms with Crippen molar-refractivity contribution in [2.45, 2.75) is 18.7 Å². The number of imidazole rings is 1. The van der Waals surface area contributed by atoms with Crippen molar-refractivity contribution in [3.05, 3.63) is 65.1 Å². The SMILES string of the molecule is Cc1csc(-c2ccc(Nc3cc(Nc4cccc(C#N)n4)nc4[nH]c(C)nc34)c([SH](=O)=O)c2)n1. The molecule has 0 aliphatic heterocycles. The second kappa shape index (κ2) is 9.13. The maximum Gasteiger partial charge on any atom is 0.170 e. The number of pyridine rings is 2. The van der Waals surface area contributed by atoms with Gasteiger partial charge in [0.05, 0.1) is 16.3 Å². The van der Waals surface area contributed by atoms with Crippen LogP contribution in [0.25, 0.3) is 21.7 Å². The van der Waals surface area contributed by atoms with E-state index in [1.807, 2.05) is 24.4 Å². The molecule has 5 rings (SSSR count). The Hall–Kier alpha value is -4.34. The van der Waals surface area contributed by atoms with Crippen LogP contribution >= 0.6 is 11.3 Å². The summed E-state index contributed by atoms with van der Waals surface area (Å²) in [6.45, 7) is 3.70. The van der Waals surface area contributed by atoms with Gasteiger partial charge in [-0.2, -0.15) is 5.26 Å². The fraction of sp³-hybridized carbons (Fsp3) is 0.0870. The van der Waals surface area contributed by atoms with E-state index in [9.17, 15) is 8.42 Å². The van der Waals surface area contributed by atoms with E-state index in [0.717, 1.165) is 16.3 Å². The summed E-state index contributed by atoms with van der Waals surface area (Å²) in [5.74, 6) is 1.54. The average molecular weight is 503 g/mol. The Morgan fingerprint density at radius 1 is 0.971 bits per heavy atom. The molecule has 0 atom stereocenters. The molecule has 0 amide bonds. The third-order valence-corrected chi connectivity index (χ3v) is 6.79. The molecule has 0 saturated carbocycles. The Morgan fingerprint density at radius 3 is 2.57 bits per heavy atom. The Kier molecular flexibility index (Phi) is 5.86. The highest BCUT2D eigenvalue weighted by molar-refractivity contribution is 7.72. The largest absolute Gasteiger partial charge is 0.352 e. The highest BCUT2D eigenvalue weighted by Gasteiger charge is 2.15. The number of hydrogen-bond donors (Lipinski definition) is 4. The van der Waals surface area contributed by atoms with Crippen LogP contribution in [0.1, 0.15) is 17.2 Å². The number of rotatable bonds is 6. The molecule has 3 N–H and O–H groups in total. The Morgan fingerprint density at radius 2 is 1.83 bits per heavy atom. The van der Waals surface area contributed by atoms with Gasteiger partial charge in [0.25, 0.3) is 0 Å². The van der Waals surface area contributed by atoms with E-state index in [1.165, 1.54) is 11.3 Å². The lowest BCUT2D eigenvalue weighted by molar-refractivity contribution is 0.615. The summed E-state index contributed by atoms with van der Waals surface area (Å²) in [5, 5.41) is 18.1. The number of H-pyrrole nitrogens is 1.